The van der Waals surface area contributed by atoms with Crippen molar-refractivity contribution in [2.45, 2.75) is 45.2 Å². The van der Waals surface area contributed by atoms with E-state index in [4.69, 9.17) is 17.3 Å². The smallest absolute Gasteiger partial charge is 0.0834 e. The van der Waals surface area contributed by atoms with Crippen molar-refractivity contribution in [3.05, 3.63) is 16.9 Å². The van der Waals surface area contributed by atoms with E-state index in [0.29, 0.717) is 5.02 Å². The lowest BCUT2D eigenvalue weighted by atomic mass is 10.1. The molecule has 1 heterocycles. The Morgan fingerprint density at radius 3 is 2.78 bits per heavy atom. The molecular weight excluding hydrogens is 248 g/mol. The van der Waals surface area contributed by atoms with E-state index in [1.807, 2.05) is 18.8 Å². The Labute approximate surface area is 115 Å². The summed E-state index contributed by atoms with van der Waals surface area (Å²) in [4.78, 5) is 2.13. The Balaban J connectivity index is 2.64. The van der Waals surface area contributed by atoms with Crippen molar-refractivity contribution < 1.29 is 0 Å². The minimum atomic E-state index is -0.00582. The fraction of sp³-hybridized carbons (Fsp3) is 0.769. The number of nitrogens with zero attached hydrogens (tertiary/aromatic N) is 3. The lowest BCUT2D eigenvalue weighted by Crippen LogP contribution is -2.23. The summed E-state index contributed by atoms with van der Waals surface area (Å²) >= 11 is 6.19. The molecule has 0 saturated carbocycles. The van der Waals surface area contributed by atoms with E-state index in [0.717, 1.165) is 31.6 Å². The number of hydrogen-bond donors (Lipinski definition) is 1. The summed E-state index contributed by atoms with van der Waals surface area (Å²) in [5.74, 6) is 0. The molecule has 104 valence electrons. The van der Waals surface area contributed by atoms with Crippen LogP contribution in [0.5, 0.6) is 0 Å². The van der Waals surface area contributed by atoms with Gasteiger partial charge in [-0.05, 0) is 20.5 Å². The van der Waals surface area contributed by atoms with Gasteiger partial charge >= 0.3 is 0 Å². The van der Waals surface area contributed by atoms with Crippen molar-refractivity contribution in [1.29, 1.82) is 0 Å². The van der Waals surface area contributed by atoms with Crippen LogP contribution in [0.4, 0.5) is 0 Å². The Hall–Kier alpha value is -0.580. The molecule has 0 amide bonds. The average Bonchev–Trinajstić information content (AvgIpc) is 2.68. The summed E-state index contributed by atoms with van der Waals surface area (Å²) in [7, 11) is 4.10. The van der Waals surface area contributed by atoms with E-state index in [1.165, 1.54) is 12.8 Å². The van der Waals surface area contributed by atoms with Gasteiger partial charge in [-0.2, -0.15) is 5.10 Å². The summed E-state index contributed by atoms with van der Waals surface area (Å²) in [6, 6.07) is -0.00582. The van der Waals surface area contributed by atoms with Gasteiger partial charge in [0.15, 0.2) is 0 Å². The summed E-state index contributed by atoms with van der Waals surface area (Å²) in [6.45, 7) is 3.96. The molecule has 0 fully saturated rings. The second-order valence-electron chi connectivity index (χ2n) is 5.01. The van der Waals surface area contributed by atoms with Crippen molar-refractivity contribution in [2.24, 2.45) is 5.73 Å². The fourth-order valence-electron chi connectivity index (χ4n) is 1.96. The summed E-state index contributed by atoms with van der Waals surface area (Å²) in [5, 5.41) is 5.01. The van der Waals surface area contributed by atoms with E-state index in [2.05, 4.69) is 16.9 Å². The number of rotatable bonds is 8. The highest BCUT2D eigenvalue weighted by Crippen LogP contribution is 2.24. The van der Waals surface area contributed by atoms with Crippen molar-refractivity contribution in [2.75, 3.05) is 20.6 Å². The number of unbranched alkanes of at least 4 members (excludes halogenated alkanes) is 2. The van der Waals surface area contributed by atoms with Crippen LogP contribution in [0.2, 0.25) is 5.02 Å². The molecule has 1 rings (SSSR count). The van der Waals surface area contributed by atoms with Crippen LogP contribution < -0.4 is 5.73 Å². The van der Waals surface area contributed by atoms with E-state index in [-0.39, 0.29) is 6.04 Å². The molecule has 4 nitrogen and oxygen atoms in total. The van der Waals surface area contributed by atoms with Crippen molar-refractivity contribution >= 4 is 11.6 Å². The van der Waals surface area contributed by atoms with Crippen molar-refractivity contribution in [3.63, 3.8) is 0 Å². The van der Waals surface area contributed by atoms with Crippen LogP contribution in [0.3, 0.4) is 0 Å². The quantitative estimate of drug-likeness (QED) is 0.740. The van der Waals surface area contributed by atoms with Gasteiger partial charge in [-0.25, -0.2) is 0 Å². The van der Waals surface area contributed by atoms with E-state index < -0.39 is 0 Å². The van der Waals surface area contributed by atoms with Crippen molar-refractivity contribution in [1.82, 2.24) is 14.7 Å². The average molecular weight is 273 g/mol. The van der Waals surface area contributed by atoms with Gasteiger partial charge in [0.2, 0.25) is 0 Å². The Morgan fingerprint density at radius 2 is 2.17 bits per heavy atom. The van der Waals surface area contributed by atoms with Crippen molar-refractivity contribution in [3.8, 4) is 0 Å². The third-order valence-corrected chi connectivity index (χ3v) is 3.35. The van der Waals surface area contributed by atoms with Gasteiger partial charge in [-0.15, -0.1) is 0 Å². The highest BCUT2D eigenvalue weighted by atomic mass is 35.5. The van der Waals surface area contributed by atoms with Crippen LogP contribution in [-0.4, -0.2) is 35.3 Å². The zero-order valence-corrected chi connectivity index (χ0v) is 12.5. The monoisotopic (exact) mass is 272 g/mol. The Bertz CT molecular complexity index is 349. The number of halogens is 1. The van der Waals surface area contributed by atoms with Gasteiger partial charge in [0.25, 0.3) is 0 Å². The Kier molecular flexibility index (Phi) is 6.68. The lowest BCUT2D eigenvalue weighted by molar-refractivity contribution is 0.365. The molecule has 0 bridgehead atoms. The molecule has 0 aliphatic carbocycles. The topological polar surface area (TPSA) is 47.1 Å². The predicted octanol–water partition coefficient (Wildman–Crippen LogP) is 2.68. The molecule has 1 unspecified atom stereocenters. The number of aromatic nitrogens is 2. The standard InChI is InChI=1S/C13H25ClN4/c1-4-5-6-7-12(15)13-11(14)10-16-18(13)9-8-17(2)3/h10,12H,4-9,15H2,1-3H3. The lowest BCUT2D eigenvalue weighted by Gasteiger charge is -2.16. The number of nitrogens with two attached hydrogens (primary N) is 1. The first-order valence-electron chi connectivity index (χ1n) is 6.67. The third-order valence-electron chi connectivity index (χ3n) is 3.06. The zero-order valence-electron chi connectivity index (χ0n) is 11.7. The maximum absolute atomic E-state index is 6.23. The van der Waals surface area contributed by atoms with Crippen LogP contribution in [-0.2, 0) is 6.54 Å². The molecule has 1 atom stereocenters. The van der Waals surface area contributed by atoms with Crippen LogP contribution in [0, 0.1) is 0 Å². The van der Waals surface area contributed by atoms with Gasteiger partial charge in [0.05, 0.1) is 23.5 Å². The molecule has 0 aromatic carbocycles. The first-order valence-corrected chi connectivity index (χ1v) is 7.05. The van der Waals surface area contributed by atoms with Gasteiger partial charge in [0.1, 0.15) is 0 Å². The normalized spacial score (nSPS) is 13.2. The molecule has 5 heteroatoms. The van der Waals surface area contributed by atoms with Crippen LogP contribution >= 0.6 is 11.6 Å². The van der Waals surface area contributed by atoms with Crippen LogP contribution in [0.1, 0.15) is 44.3 Å². The van der Waals surface area contributed by atoms with E-state index in [1.54, 1.807) is 6.20 Å². The number of hydrogen-bond acceptors (Lipinski definition) is 3. The van der Waals surface area contributed by atoms with Crippen LogP contribution in [0.15, 0.2) is 6.20 Å². The maximum atomic E-state index is 6.23. The second-order valence-corrected chi connectivity index (χ2v) is 5.41. The molecule has 0 saturated heterocycles. The van der Waals surface area contributed by atoms with E-state index >= 15 is 0 Å². The minimum absolute atomic E-state index is 0.00582. The predicted molar refractivity (Wildman–Crippen MR) is 76.9 cm³/mol. The minimum Gasteiger partial charge on any atom is -0.323 e. The number of likely N-dealkylation sites (N-methyl/N-ethyl adjacent to an activating group) is 1. The molecule has 0 radical (unpaired) electrons. The first kappa shape index (κ1) is 15.5. The molecule has 1 aromatic heterocycles. The molecule has 0 aliphatic heterocycles. The molecule has 18 heavy (non-hydrogen) atoms. The van der Waals surface area contributed by atoms with Crippen LogP contribution in [0.25, 0.3) is 0 Å². The maximum Gasteiger partial charge on any atom is 0.0834 e. The molecule has 1 aromatic rings. The molecule has 2 N–H and O–H groups in total. The fourth-order valence-corrected chi connectivity index (χ4v) is 2.25. The highest BCUT2D eigenvalue weighted by molar-refractivity contribution is 6.31. The molecule has 0 aliphatic rings. The van der Waals surface area contributed by atoms with Gasteiger partial charge < -0.3 is 10.6 Å². The first-order chi connectivity index (χ1) is 8.56. The summed E-state index contributed by atoms with van der Waals surface area (Å²) < 4.78 is 1.94. The second kappa shape index (κ2) is 7.77. The van der Waals surface area contributed by atoms with Gasteiger partial charge in [-0.3, -0.25) is 4.68 Å². The summed E-state index contributed by atoms with van der Waals surface area (Å²) in [5.41, 5.74) is 7.21. The largest absolute Gasteiger partial charge is 0.323 e. The summed E-state index contributed by atoms with van der Waals surface area (Å²) in [6.07, 6.45) is 6.25. The van der Waals surface area contributed by atoms with Gasteiger partial charge in [-0.1, -0.05) is 37.8 Å². The molecule has 0 spiro atoms. The van der Waals surface area contributed by atoms with E-state index in [9.17, 15) is 0 Å². The highest BCUT2D eigenvalue weighted by Gasteiger charge is 2.16. The van der Waals surface area contributed by atoms with Gasteiger partial charge in [0, 0.05) is 12.6 Å². The zero-order chi connectivity index (χ0) is 13.5. The SMILES string of the molecule is CCCCCC(N)c1c(Cl)cnn1CCN(C)C. The Morgan fingerprint density at radius 1 is 1.44 bits per heavy atom. The molecular formula is C13H25ClN4. The third kappa shape index (κ3) is 4.59.